The zero-order valence-corrected chi connectivity index (χ0v) is 39.7. The molecule has 5 rings (SSSR count). The van der Waals surface area contributed by atoms with E-state index in [-0.39, 0.29) is 62.4 Å². The van der Waals surface area contributed by atoms with E-state index in [1.807, 2.05) is 76.9 Å². The van der Waals surface area contributed by atoms with E-state index >= 15 is 0 Å². The first-order valence-electron chi connectivity index (χ1n) is 22.7. The van der Waals surface area contributed by atoms with Gasteiger partial charge in [-0.3, -0.25) is 19.2 Å². The highest BCUT2D eigenvalue weighted by Gasteiger charge is 2.54. The molecule has 64 heavy (non-hydrogen) atoms. The molecule has 5 N–H and O–H groups in total. The number of nitrogens with zero attached hydrogens (tertiary/aromatic N) is 3. The number of fused-ring (bicyclic) bond motifs is 1. The van der Waals surface area contributed by atoms with Gasteiger partial charge in [0, 0.05) is 52.6 Å². The Morgan fingerprint density at radius 2 is 1.61 bits per heavy atom. The van der Waals surface area contributed by atoms with E-state index in [9.17, 15) is 29.4 Å². The highest BCUT2D eigenvalue weighted by molar-refractivity contribution is 5.92. The summed E-state index contributed by atoms with van der Waals surface area (Å²) in [6.07, 6.45) is -5.68. The molecule has 15 atom stereocenters. The molecule has 4 amide bonds. The average molecular weight is 903 g/mol. The van der Waals surface area contributed by atoms with Crippen LogP contribution in [-0.2, 0) is 54.0 Å². The van der Waals surface area contributed by atoms with Crippen LogP contribution in [0.1, 0.15) is 87.1 Å². The Bertz CT molecular complexity index is 1790. The Morgan fingerprint density at radius 3 is 2.27 bits per heavy atom. The van der Waals surface area contributed by atoms with E-state index < -0.39 is 96.4 Å². The smallest absolute Gasteiger partial charge is 0.288 e. The molecule has 0 aromatic heterocycles. The summed E-state index contributed by atoms with van der Waals surface area (Å²) in [5.41, 5.74) is -1.93. The lowest BCUT2D eigenvalue weighted by Crippen LogP contribution is -2.60. The molecule has 0 unspecified atom stereocenters. The van der Waals surface area contributed by atoms with Gasteiger partial charge in [-0.05, 0) is 65.9 Å². The number of ether oxygens (including phenoxy) is 6. The zero-order chi connectivity index (χ0) is 47.3. The maximum Gasteiger partial charge on any atom is 0.288 e. The molecule has 360 valence electrons. The molecule has 4 heterocycles. The van der Waals surface area contributed by atoms with Crippen molar-refractivity contribution in [2.24, 2.45) is 22.7 Å². The molecule has 4 aliphatic rings. The van der Waals surface area contributed by atoms with E-state index in [2.05, 4.69) is 16.0 Å². The van der Waals surface area contributed by atoms with Gasteiger partial charge in [-0.25, -0.2) is 4.99 Å². The van der Waals surface area contributed by atoms with Crippen LogP contribution < -0.4 is 16.0 Å². The lowest BCUT2D eigenvalue weighted by molar-refractivity contribution is -0.313. The molecule has 4 fully saturated rings. The fraction of sp³-hybridized carbons (Fsp3) is 0.761. The summed E-state index contributed by atoms with van der Waals surface area (Å²) in [7, 11) is 5.05. The second kappa shape index (κ2) is 21.6. The molecule has 1 aromatic carbocycles. The van der Waals surface area contributed by atoms with Crippen molar-refractivity contribution in [1.29, 1.82) is 0 Å². The Morgan fingerprint density at radius 1 is 0.938 bits per heavy atom. The molecular weight excluding hydrogens is 829 g/mol. The largest absolute Gasteiger partial charge is 0.454 e. The number of carbonyl (C=O) groups excluding carboxylic acids is 4. The van der Waals surface area contributed by atoms with Crippen molar-refractivity contribution in [3.63, 3.8) is 0 Å². The number of hydrogen-bond donors (Lipinski definition) is 5. The fourth-order valence-electron chi connectivity index (χ4n) is 9.61. The van der Waals surface area contributed by atoms with E-state index in [1.165, 1.54) is 12.0 Å². The highest BCUT2D eigenvalue weighted by atomic mass is 16.7. The maximum atomic E-state index is 14.3. The number of benzene rings is 1. The molecule has 18 nitrogen and oxygen atoms in total. The summed E-state index contributed by atoms with van der Waals surface area (Å²) < 4.78 is 38.7. The topological polar surface area (TPSA) is 219 Å². The van der Waals surface area contributed by atoms with E-state index in [0.29, 0.717) is 12.4 Å². The summed E-state index contributed by atoms with van der Waals surface area (Å²) in [5, 5.41) is 32.0. The van der Waals surface area contributed by atoms with E-state index in [0.717, 1.165) is 5.56 Å². The quantitative estimate of drug-likeness (QED) is 0.252. The second-order valence-corrected chi connectivity index (χ2v) is 19.2. The van der Waals surface area contributed by atoms with Gasteiger partial charge in [0.05, 0.1) is 60.7 Å². The number of likely N-dealkylation sites (N-methyl/N-ethyl adjacent to an activating group) is 2. The minimum absolute atomic E-state index is 0.0388. The number of amidine groups is 1. The molecule has 0 radical (unpaired) electrons. The third-order valence-electron chi connectivity index (χ3n) is 13.1. The van der Waals surface area contributed by atoms with Crippen LogP contribution in [0.4, 0.5) is 0 Å². The van der Waals surface area contributed by atoms with Crippen LogP contribution in [0.5, 0.6) is 0 Å². The van der Waals surface area contributed by atoms with Crippen LogP contribution in [0.15, 0.2) is 35.3 Å². The van der Waals surface area contributed by atoms with Crippen molar-refractivity contribution < 1.29 is 57.8 Å². The van der Waals surface area contributed by atoms with Gasteiger partial charge in [-0.2, -0.15) is 0 Å². The number of rotatable bonds is 8. The number of carbonyl (C=O) groups is 4. The number of hydrogen-bond acceptors (Lipinski definition) is 13. The van der Waals surface area contributed by atoms with Crippen LogP contribution >= 0.6 is 0 Å². The second-order valence-electron chi connectivity index (χ2n) is 19.2. The summed E-state index contributed by atoms with van der Waals surface area (Å²) in [4.78, 5) is 63.1. The molecule has 4 aliphatic heterocycles. The molecule has 0 aliphatic carbocycles. The van der Waals surface area contributed by atoms with Crippen LogP contribution in [0.3, 0.4) is 0 Å². The lowest BCUT2D eigenvalue weighted by Gasteiger charge is -2.48. The monoisotopic (exact) mass is 903 g/mol. The van der Waals surface area contributed by atoms with E-state index in [4.69, 9.17) is 33.4 Å². The van der Waals surface area contributed by atoms with Crippen molar-refractivity contribution in [1.82, 2.24) is 25.8 Å². The van der Waals surface area contributed by atoms with Gasteiger partial charge in [0.1, 0.15) is 12.1 Å². The SMILES string of the molecule is CO[C@]1(C)C[C@H](O[C@@H]2[C@H](C)[C@@H](O[C@@H]3O[C@H](C)C[C@H]4[C@H]3OC(=NC(C)C)N4C)[C@](C)(O)C[C@@H](C)CN(C)C(=O)CNC(=O)[C@@H](Cc3ccccc3)NC(=O)CNC(=O)[C@@H]2C)O[C@@H](C)[C@@H]1O. The van der Waals surface area contributed by atoms with Gasteiger partial charge < -0.3 is 64.4 Å². The number of aliphatic hydroxyl groups is 2. The van der Waals surface area contributed by atoms with Gasteiger partial charge in [0.25, 0.3) is 6.02 Å². The number of methoxy groups -OCH3 is 1. The summed E-state index contributed by atoms with van der Waals surface area (Å²) in [6, 6.07) is 8.36. The summed E-state index contributed by atoms with van der Waals surface area (Å²) >= 11 is 0. The Balaban J connectivity index is 1.54. The van der Waals surface area contributed by atoms with Crippen molar-refractivity contribution >= 4 is 29.7 Å². The average Bonchev–Trinajstić information content (AvgIpc) is 3.53. The Hall–Kier alpha value is -3.91. The number of amides is 4. The van der Waals surface area contributed by atoms with Crippen molar-refractivity contribution in [2.45, 2.75) is 167 Å². The zero-order valence-electron chi connectivity index (χ0n) is 39.7. The third-order valence-corrected chi connectivity index (χ3v) is 13.1. The fourth-order valence-corrected chi connectivity index (χ4v) is 9.61. The lowest BCUT2D eigenvalue weighted by atomic mass is 9.77. The number of aliphatic hydroxyl groups excluding tert-OH is 1. The first-order chi connectivity index (χ1) is 30.0. The minimum atomic E-state index is -1.65. The first-order valence-corrected chi connectivity index (χ1v) is 22.7. The Labute approximate surface area is 378 Å². The van der Waals surface area contributed by atoms with Crippen molar-refractivity contribution in [3.05, 3.63) is 35.9 Å². The van der Waals surface area contributed by atoms with Gasteiger partial charge in [0.15, 0.2) is 18.7 Å². The van der Waals surface area contributed by atoms with Crippen LogP contribution in [0.25, 0.3) is 0 Å². The molecule has 4 saturated heterocycles. The van der Waals surface area contributed by atoms with Crippen LogP contribution in [0.2, 0.25) is 0 Å². The molecular formula is C46H74N6O12. The standard InChI is InChI=1S/C46H74N6O12/c1-25(2)49-44-52(11)33-18-27(4)60-43(38(33)63-44)64-40-28(5)37(62-36-21-46(9,59-12)39(55)30(7)61-36)29(6)41(56)47-22-34(53)50-32(19-31-16-14-13-15-17-31)42(57)48-23-35(54)51(10)24-26(3)20-45(40,8)58/h13-17,25-30,32-33,36-40,43,55,58H,18-24H2,1-12H3,(H,47,56)(H,48,57)(H,50,53)/t26-,27-,28+,29-,30+,32-,33+,36+,37-,38-,39+,40-,43+,45-,46-/m1/s1. The first kappa shape index (κ1) is 51.1. The van der Waals surface area contributed by atoms with Crippen LogP contribution in [-0.4, -0.2) is 169 Å². The highest BCUT2D eigenvalue weighted by Crippen LogP contribution is 2.40. The third kappa shape index (κ3) is 12.5. The number of nitrogens with one attached hydrogen (secondary N) is 3. The van der Waals surface area contributed by atoms with Gasteiger partial charge in [-0.1, -0.05) is 51.1 Å². The van der Waals surface area contributed by atoms with Gasteiger partial charge in [0.2, 0.25) is 23.6 Å². The maximum absolute atomic E-state index is 14.3. The van der Waals surface area contributed by atoms with Crippen molar-refractivity contribution in [3.8, 4) is 0 Å². The predicted molar refractivity (Wildman–Crippen MR) is 237 cm³/mol. The molecule has 0 bridgehead atoms. The molecule has 1 aromatic rings. The Kier molecular flexibility index (Phi) is 17.2. The van der Waals surface area contributed by atoms with E-state index in [1.54, 1.807) is 34.7 Å². The van der Waals surface area contributed by atoms with Gasteiger partial charge >= 0.3 is 0 Å². The normalized spacial score (nSPS) is 39.5. The molecule has 0 saturated carbocycles. The number of aliphatic imine (C=N–C) groups is 1. The minimum Gasteiger partial charge on any atom is -0.454 e. The molecule has 18 heteroatoms. The summed E-state index contributed by atoms with van der Waals surface area (Å²) in [6.45, 7) is 15.8. The predicted octanol–water partition coefficient (Wildman–Crippen LogP) is 1.74. The van der Waals surface area contributed by atoms with Crippen LogP contribution in [0, 0.1) is 17.8 Å². The van der Waals surface area contributed by atoms with Gasteiger partial charge in [-0.15, -0.1) is 0 Å². The van der Waals surface area contributed by atoms with Crippen molar-refractivity contribution in [2.75, 3.05) is 40.8 Å². The molecule has 0 spiro atoms. The summed E-state index contributed by atoms with van der Waals surface area (Å²) in [5.74, 6) is -4.21.